The summed E-state index contributed by atoms with van der Waals surface area (Å²) in [6.45, 7) is 9.08. The number of hydrogen-bond acceptors (Lipinski definition) is 6. The molecule has 1 aliphatic heterocycles. The average Bonchev–Trinajstić information content (AvgIpc) is 2.74. The van der Waals surface area contributed by atoms with Gasteiger partial charge >= 0.3 is 0 Å². The predicted octanol–water partition coefficient (Wildman–Crippen LogP) is 3.48. The molecule has 0 aliphatic carbocycles. The smallest absolute Gasteiger partial charge is 0.135 e. The summed E-state index contributed by atoms with van der Waals surface area (Å²) in [5.41, 5.74) is 4.90. The Morgan fingerprint density at radius 1 is 0.897 bits per heavy atom. The van der Waals surface area contributed by atoms with Crippen LogP contribution in [0.2, 0.25) is 0 Å². The van der Waals surface area contributed by atoms with E-state index >= 15 is 0 Å². The van der Waals surface area contributed by atoms with E-state index in [1.165, 1.54) is 16.7 Å². The summed E-state index contributed by atoms with van der Waals surface area (Å²) in [5.74, 6) is 2.05. The van der Waals surface area contributed by atoms with E-state index in [2.05, 4.69) is 47.1 Å². The number of piperazine rings is 1. The molecule has 0 saturated carbocycles. The van der Waals surface area contributed by atoms with Gasteiger partial charge in [0.25, 0.3) is 0 Å². The summed E-state index contributed by atoms with van der Waals surface area (Å²) in [6.07, 6.45) is 1.82. The van der Waals surface area contributed by atoms with Crippen molar-refractivity contribution in [3.8, 4) is 17.2 Å². The number of nitrogens with zero attached hydrogens (tertiary/aromatic N) is 3. The summed E-state index contributed by atoms with van der Waals surface area (Å²) in [7, 11) is 4.90. The SMILES string of the molecule is COc1cc(OC)c(/C=N\N2CCN(Cc3ccc(C)cc3C)CC2)c(OC)c1. The van der Waals surface area contributed by atoms with Crippen LogP contribution in [0, 0.1) is 13.8 Å². The standard InChI is InChI=1S/C23H31N3O3/c1-17-6-7-19(18(2)12-17)16-25-8-10-26(11-9-25)24-15-21-22(28-4)13-20(27-3)14-23(21)29-5/h6-7,12-15H,8-11,16H2,1-5H3/b24-15-. The van der Waals surface area contributed by atoms with Crippen molar-refractivity contribution < 1.29 is 14.2 Å². The van der Waals surface area contributed by atoms with Crippen molar-refractivity contribution >= 4 is 6.21 Å². The van der Waals surface area contributed by atoms with E-state index in [4.69, 9.17) is 14.2 Å². The van der Waals surface area contributed by atoms with Crippen molar-refractivity contribution in [3.63, 3.8) is 0 Å². The van der Waals surface area contributed by atoms with Gasteiger partial charge in [-0.3, -0.25) is 9.91 Å². The van der Waals surface area contributed by atoms with Crippen molar-refractivity contribution in [2.45, 2.75) is 20.4 Å². The van der Waals surface area contributed by atoms with Gasteiger partial charge in [0, 0.05) is 44.9 Å². The Morgan fingerprint density at radius 2 is 1.55 bits per heavy atom. The number of benzene rings is 2. The minimum atomic E-state index is 0.679. The third-order valence-electron chi connectivity index (χ3n) is 5.34. The van der Waals surface area contributed by atoms with Gasteiger partial charge in [-0.05, 0) is 25.0 Å². The third-order valence-corrected chi connectivity index (χ3v) is 5.34. The monoisotopic (exact) mass is 397 g/mol. The average molecular weight is 398 g/mol. The van der Waals surface area contributed by atoms with E-state index in [1.807, 2.05) is 18.3 Å². The van der Waals surface area contributed by atoms with Crippen molar-refractivity contribution in [2.75, 3.05) is 47.5 Å². The lowest BCUT2D eigenvalue weighted by molar-refractivity contribution is 0.131. The molecular formula is C23H31N3O3. The second kappa shape index (κ2) is 9.65. The summed E-state index contributed by atoms with van der Waals surface area (Å²) in [6, 6.07) is 10.4. The van der Waals surface area contributed by atoms with Gasteiger partial charge in [0.2, 0.25) is 0 Å². The van der Waals surface area contributed by atoms with Gasteiger partial charge < -0.3 is 14.2 Å². The fraction of sp³-hybridized carbons (Fsp3) is 0.435. The topological polar surface area (TPSA) is 46.5 Å². The zero-order valence-electron chi connectivity index (χ0n) is 18.1. The Hall–Kier alpha value is -2.73. The Kier molecular flexibility index (Phi) is 6.99. The van der Waals surface area contributed by atoms with Crippen LogP contribution in [-0.4, -0.2) is 63.6 Å². The molecule has 0 amide bonds. The second-order valence-electron chi connectivity index (χ2n) is 7.35. The first kappa shape index (κ1) is 21.0. The van der Waals surface area contributed by atoms with Gasteiger partial charge in [-0.1, -0.05) is 23.8 Å². The maximum atomic E-state index is 5.50. The van der Waals surface area contributed by atoms with Crippen molar-refractivity contribution in [1.29, 1.82) is 0 Å². The zero-order valence-corrected chi connectivity index (χ0v) is 18.1. The highest BCUT2D eigenvalue weighted by Gasteiger charge is 2.17. The summed E-state index contributed by atoms with van der Waals surface area (Å²) in [5, 5.41) is 6.78. The van der Waals surface area contributed by atoms with E-state index in [0.717, 1.165) is 38.3 Å². The molecular weight excluding hydrogens is 366 g/mol. The highest BCUT2D eigenvalue weighted by Crippen LogP contribution is 2.32. The number of methoxy groups -OCH3 is 3. The largest absolute Gasteiger partial charge is 0.496 e. The van der Waals surface area contributed by atoms with Gasteiger partial charge in [0.1, 0.15) is 17.2 Å². The molecule has 0 atom stereocenters. The highest BCUT2D eigenvalue weighted by molar-refractivity contribution is 5.88. The normalized spacial score (nSPS) is 15.0. The van der Waals surface area contributed by atoms with Gasteiger partial charge in [-0.25, -0.2) is 0 Å². The molecule has 1 heterocycles. The van der Waals surface area contributed by atoms with Crippen molar-refractivity contribution in [1.82, 2.24) is 9.91 Å². The van der Waals surface area contributed by atoms with E-state index < -0.39 is 0 Å². The van der Waals surface area contributed by atoms with E-state index in [9.17, 15) is 0 Å². The molecule has 1 saturated heterocycles. The summed E-state index contributed by atoms with van der Waals surface area (Å²) in [4.78, 5) is 2.48. The maximum absolute atomic E-state index is 5.50. The fourth-order valence-electron chi connectivity index (χ4n) is 3.57. The molecule has 0 spiro atoms. The first-order valence-electron chi connectivity index (χ1n) is 9.91. The minimum Gasteiger partial charge on any atom is -0.496 e. The molecule has 1 aliphatic rings. The first-order valence-corrected chi connectivity index (χ1v) is 9.91. The lowest BCUT2D eigenvalue weighted by Crippen LogP contribution is -2.43. The third kappa shape index (κ3) is 5.21. The van der Waals surface area contributed by atoms with Gasteiger partial charge in [-0.2, -0.15) is 5.10 Å². The molecule has 0 bridgehead atoms. The van der Waals surface area contributed by atoms with E-state index in [-0.39, 0.29) is 0 Å². The number of hydrazone groups is 1. The predicted molar refractivity (Wildman–Crippen MR) is 116 cm³/mol. The van der Waals surface area contributed by atoms with Crippen LogP contribution in [0.1, 0.15) is 22.3 Å². The van der Waals surface area contributed by atoms with Crippen LogP contribution in [0.5, 0.6) is 17.2 Å². The minimum absolute atomic E-state index is 0.679. The summed E-state index contributed by atoms with van der Waals surface area (Å²) < 4.78 is 16.3. The van der Waals surface area contributed by atoms with Crippen LogP contribution in [0.15, 0.2) is 35.4 Å². The molecule has 29 heavy (non-hydrogen) atoms. The molecule has 2 aromatic carbocycles. The number of aryl methyl sites for hydroxylation is 2. The first-order chi connectivity index (χ1) is 14.0. The maximum Gasteiger partial charge on any atom is 0.135 e. The number of rotatable bonds is 7. The van der Waals surface area contributed by atoms with Crippen LogP contribution in [0.3, 0.4) is 0 Å². The van der Waals surface area contributed by atoms with E-state index in [1.54, 1.807) is 21.3 Å². The van der Waals surface area contributed by atoms with Crippen molar-refractivity contribution in [3.05, 3.63) is 52.6 Å². The molecule has 3 rings (SSSR count). The molecule has 0 unspecified atom stereocenters. The van der Waals surface area contributed by atoms with Gasteiger partial charge in [0.15, 0.2) is 0 Å². The highest BCUT2D eigenvalue weighted by atomic mass is 16.5. The van der Waals surface area contributed by atoms with Crippen LogP contribution in [0.25, 0.3) is 0 Å². The van der Waals surface area contributed by atoms with Crippen molar-refractivity contribution in [2.24, 2.45) is 5.10 Å². The number of hydrogen-bond donors (Lipinski definition) is 0. The quantitative estimate of drug-likeness (QED) is 0.670. The zero-order chi connectivity index (χ0) is 20.8. The van der Waals surface area contributed by atoms with Crippen LogP contribution in [-0.2, 0) is 6.54 Å². The Balaban J connectivity index is 1.63. The molecule has 0 radical (unpaired) electrons. The number of ether oxygens (including phenoxy) is 3. The Bertz CT molecular complexity index is 833. The Labute approximate surface area is 173 Å². The van der Waals surface area contributed by atoms with Gasteiger partial charge in [-0.15, -0.1) is 0 Å². The molecule has 6 heteroatoms. The molecule has 0 N–H and O–H groups in total. The van der Waals surface area contributed by atoms with Crippen LogP contribution < -0.4 is 14.2 Å². The van der Waals surface area contributed by atoms with E-state index in [0.29, 0.717) is 17.2 Å². The second-order valence-corrected chi connectivity index (χ2v) is 7.35. The fourth-order valence-corrected chi connectivity index (χ4v) is 3.57. The molecule has 0 aromatic heterocycles. The lowest BCUT2D eigenvalue weighted by atomic mass is 10.1. The molecule has 6 nitrogen and oxygen atoms in total. The molecule has 156 valence electrons. The Morgan fingerprint density at radius 3 is 2.10 bits per heavy atom. The molecule has 2 aromatic rings. The van der Waals surface area contributed by atoms with Gasteiger partial charge in [0.05, 0.1) is 33.1 Å². The molecule has 1 fully saturated rings. The lowest BCUT2D eigenvalue weighted by Gasteiger charge is -2.33. The van der Waals surface area contributed by atoms with Crippen LogP contribution >= 0.6 is 0 Å². The summed E-state index contributed by atoms with van der Waals surface area (Å²) >= 11 is 0. The van der Waals surface area contributed by atoms with Crippen LogP contribution in [0.4, 0.5) is 0 Å².